The molecular formula is C11H13N5O3S. The van der Waals surface area contributed by atoms with Crippen LogP contribution in [0.1, 0.15) is 10.4 Å². The fourth-order valence-electron chi connectivity index (χ4n) is 2.15. The van der Waals surface area contributed by atoms with Gasteiger partial charge >= 0.3 is 0 Å². The first kappa shape index (κ1) is 12.9. The number of fused-ring (bicyclic) bond motifs is 1. The molecule has 0 atom stereocenters. The highest BCUT2D eigenvalue weighted by molar-refractivity contribution is 7.91. The van der Waals surface area contributed by atoms with Crippen LogP contribution in [0.2, 0.25) is 0 Å². The molecule has 0 aliphatic carbocycles. The van der Waals surface area contributed by atoms with Crippen LogP contribution in [0.5, 0.6) is 0 Å². The van der Waals surface area contributed by atoms with Crippen LogP contribution < -0.4 is 10.6 Å². The fourth-order valence-corrected chi connectivity index (χ4v) is 3.35. The van der Waals surface area contributed by atoms with Gasteiger partial charge in [-0.2, -0.15) is 5.10 Å². The van der Waals surface area contributed by atoms with Crippen molar-refractivity contribution in [3.05, 3.63) is 24.0 Å². The number of nitrogens with zero attached hydrogens (tertiary/aromatic N) is 4. The summed E-state index contributed by atoms with van der Waals surface area (Å²) in [6, 6.07) is 1.74. The topological polar surface area (TPSA) is 111 Å². The number of aromatic nitrogens is 3. The summed E-state index contributed by atoms with van der Waals surface area (Å²) in [7, 11) is -2.94. The molecule has 1 fully saturated rings. The average molecular weight is 295 g/mol. The first-order valence-electron chi connectivity index (χ1n) is 6.06. The van der Waals surface area contributed by atoms with Crippen molar-refractivity contribution < 1.29 is 13.2 Å². The first-order chi connectivity index (χ1) is 9.46. The second-order valence-corrected chi connectivity index (χ2v) is 6.92. The second kappa shape index (κ2) is 4.44. The molecule has 2 aromatic heterocycles. The maximum atomic E-state index is 11.4. The maximum absolute atomic E-state index is 11.4. The average Bonchev–Trinajstić information content (AvgIpc) is 2.81. The highest BCUT2D eigenvalue weighted by Crippen LogP contribution is 2.17. The summed E-state index contributed by atoms with van der Waals surface area (Å²) in [5.74, 6) is 0.255. The van der Waals surface area contributed by atoms with E-state index >= 15 is 0 Å². The number of anilines is 1. The summed E-state index contributed by atoms with van der Waals surface area (Å²) < 4.78 is 24.3. The van der Waals surface area contributed by atoms with Gasteiger partial charge in [-0.15, -0.1) is 0 Å². The minimum atomic E-state index is -2.94. The van der Waals surface area contributed by atoms with Gasteiger partial charge in [0, 0.05) is 19.3 Å². The molecule has 0 radical (unpaired) electrons. The molecule has 8 nitrogen and oxygen atoms in total. The number of rotatable bonds is 2. The summed E-state index contributed by atoms with van der Waals surface area (Å²) in [5, 5.41) is 3.99. The number of sulfone groups is 1. The Morgan fingerprint density at radius 3 is 2.65 bits per heavy atom. The zero-order chi connectivity index (χ0) is 14.3. The summed E-state index contributed by atoms with van der Waals surface area (Å²) in [4.78, 5) is 17.5. The Bertz CT molecular complexity index is 768. The molecule has 106 valence electrons. The predicted molar refractivity (Wildman–Crippen MR) is 72.4 cm³/mol. The Hall–Kier alpha value is -2.16. The van der Waals surface area contributed by atoms with Gasteiger partial charge in [0.15, 0.2) is 15.5 Å². The van der Waals surface area contributed by atoms with Crippen molar-refractivity contribution in [2.75, 3.05) is 29.5 Å². The standard InChI is InChI=1S/C11H13N5O3S/c12-10(17)8-7-13-16-2-1-9(14-11(8)16)15-3-5-20(18,19)6-4-15/h1-2,7H,3-6H2,(H2,12,17). The zero-order valence-electron chi connectivity index (χ0n) is 10.6. The van der Waals surface area contributed by atoms with Crippen molar-refractivity contribution in [1.29, 1.82) is 0 Å². The maximum Gasteiger partial charge on any atom is 0.254 e. The van der Waals surface area contributed by atoms with Crippen LogP contribution in [-0.4, -0.2) is 53.5 Å². The number of primary amides is 1. The van der Waals surface area contributed by atoms with E-state index in [0.29, 0.717) is 24.6 Å². The van der Waals surface area contributed by atoms with Crippen molar-refractivity contribution >= 4 is 27.2 Å². The molecule has 1 saturated heterocycles. The highest BCUT2D eigenvalue weighted by Gasteiger charge is 2.23. The predicted octanol–water partition coefficient (Wildman–Crippen LogP) is -0.937. The Morgan fingerprint density at radius 2 is 2.00 bits per heavy atom. The van der Waals surface area contributed by atoms with Gasteiger partial charge in [0.25, 0.3) is 5.91 Å². The van der Waals surface area contributed by atoms with Crippen LogP contribution >= 0.6 is 0 Å². The van der Waals surface area contributed by atoms with Crippen LogP contribution in [0.15, 0.2) is 18.5 Å². The lowest BCUT2D eigenvalue weighted by atomic mass is 10.3. The third-order valence-electron chi connectivity index (χ3n) is 3.29. The van der Waals surface area contributed by atoms with Crippen molar-refractivity contribution in [2.24, 2.45) is 5.73 Å². The van der Waals surface area contributed by atoms with E-state index in [-0.39, 0.29) is 17.1 Å². The van der Waals surface area contributed by atoms with Gasteiger partial charge in [0.1, 0.15) is 11.4 Å². The van der Waals surface area contributed by atoms with Crippen molar-refractivity contribution in [3.63, 3.8) is 0 Å². The van der Waals surface area contributed by atoms with Crippen molar-refractivity contribution in [3.8, 4) is 0 Å². The summed E-state index contributed by atoms with van der Waals surface area (Å²) in [5.41, 5.74) is 5.89. The molecule has 2 N–H and O–H groups in total. The Labute approximate surface area is 115 Å². The quantitative estimate of drug-likeness (QED) is 0.765. The third-order valence-corrected chi connectivity index (χ3v) is 4.90. The van der Waals surface area contributed by atoms with E-state index in [1.165, 1.54) is 10.7 Å². The van der Waals surface area contributed by atoms with Gasteiger partial charge in [-0.25, -0.2) is 17.9 Å². The van der Waals surface area contributed by atoms with Gasteiger partial charge in [-0.05, 0) is 6.07 Å². The minimum Gasteiger partial charge on any atom is -0.365 e. The molecular weight excluding hydrogens is 282 g/mol. The monoisotopic (exact) mass is 295 g/mol. The highest BCUT2D eigenvalue weighted by atomic mass is 32.2. The number of amides is 1. The molecule has 3 heterocycles. The SMILES string of the molecule is NC(=O)c1cnn2ccc(N3CCS(=O)(=O)CC3)nc12. The van der Waals surface area contributed by atoms with E-state index in [9.17, 15) is 13.2 Å². The van der Waals surface area contributed by atoms with Crippen molar-refractivity contribution in [2.45, 2.75) is 0 Å². The third kappa shape index (κ3) is 2.20. The molecule has 1 amide bonds. The number of hydrogen-bond donors (Lipinski definition) is 1. The number of carbonyl (C=O) groups is 1. The molecule has 1 aliphatic rings. The summed E-state index contributed by atoms with van der Waals surface area (Å²) in [6.45, 7) is 0.789. The van der Waals surface area contributed by atoms with Crippen LogP contribution in [0, 0.1) is 0 Å². The number of carbonyl (C=O) groups excluding carboxylic acids is 1. The van der Waals surface area contributed by atoms with E-state index in [2.05, 4.69) is 10.1 Å². The van der Waals surface area contributed by atoms with E-state index < -0.39 is 15.7 Å². The molecule has 0 unspecified atom stereocenters. The summed E-state index contributed by atoms with van der Waals surface area (Å²) in [6.07, 6.45) is 3.04. The number of nitrogens with two attached hydrogens (primary N) is 1. The molecule has 0 spiro atoms. The first-order valence-corrected chi connectivity index (χ1v) is 7.88. The van der Waals surface area contributed by atoms with E-state index in [1.54, 1.807) is 12.3 Å². The van der Waals surface area contributed by atoms with Gasteiger partial charge in [-0.1, -0.05) is 0 Å². The molecule has 0 aromatic carbocycles. The lowest BCUT2D eigenvalue weighted by molar-refractivity contribution is 0.100. The van der Waals surface area contributed by atoms with Crippen molar-refractivity contribution in [1.82, 2.24) is 14.6 Å². The van der Waals surface area contributed by atoms with Crippen LogP contribution in [0.3, 0.4) is 0 Å². The van der Waals surface area contributed by atoms with Gasteiger partial charge in [0.2, 0.25) is 0 Å². The smallest absolute Gasteiger partial charge is 0.254 e. The van der Waals surface area contributed by atoms with Crippen LogP contribution in [-0.2, 0) is 9.84 Å². The van der Waals surface area contributed by atoms with Gasteiger partial charge in [-0.3, -0.25) is 4.79 Å². The molecule has 2 aromatic rings. The molecule has 1 aliphatic heterocycles. The second-order valence-electron chi connectivity index (χ2n) is 4.62. The van der Waals surface area contributed by atoms with E-state index in [0.717, 1.165) is 0 Å². The Morgan fingerprint density at radius 1 is 1.30 bits per heavy atom. The largest absolute Gasteiger partial charge is 0.365 e. The van der Waals surface area contributed by atoms with Crippen LogP contribution in [0.4, 0.5) is 5.82 Å². The van der Waals surface area contributed by atoms with Crippen LogP contribution in [0.25, 0.3) is 5.65 Å². The normalized spacial score (nSPS) is 18.3. The number of hydrogen-bond acceptors (Lipinski definition) is 6. The van der Waals surface area contributed by atoms with E-state index in [4.69, 9.17) is 5.73 Å². The summed E-state index contributed by atoms with van der Waals surface area (Å²) >= 11 is 0. The molecule has 0 saturated carbocycles. The molecule has 9 heteroatoms. The molecule has 20 heavy (non-hydrogen) atoms. The zero-order valence-corrected chi connectivity index (χ0v) is 11.4. The fraction of sp³-hybridized carbons (Fsp3) is 0.364. The van der Waals surface area contributed by atoms with Gasteiger partial charge < -0.3 is 10.6 Å². The minimum absolute atomic E-state index is 0.113. The Kier molecular flexibility index (Phi) is 2.85. The molecule has 3 rings (SSSR count). The molecule has 0 bridgehead atoms. The Balaban J connectivity index is 1.97. The van der Waals surface area contributed by atoms with Gasteiger partial charge in [0.05, 0.1) is 17.7 Å². The van der Waals surface area contributed by atoms with E-state index in [1.807, 2.05) is 4.90 Å². The lowest BCUT2D eigenvalue weighted by Gasteiger charge is -2.27. The lowest BCUT2D eigenvalue weighted by Crippen LogP contribution is -2.40.